The molecule has 1 aliphatic rings. The van der Waals surface area contributed by atoms with Crippen molar-refractivity contribution in [2.45, 2.75) is 26.7 Å². The van der Waals surface area contributed by atoms with E-state index in [0.717, 1.165) is 0 Å². The zero-order chi connectivity index (χ0) is 9.57. The second kappa shape index (κ2) is 2.21. The molecular weight excluding hydrogens is 160 g/mol. The summed E-state index contributed by atoms with van der Waals surface area (Å²) in [6.07, 6.45) is 0.694. The maximum absolute atomic E-state index is 10.6. The first-order valence-corrected chi connectivity index (χ1v) is 3.77. The summed E-state index contributed by atoms with van der Waals surface area (Å²) in [5.74, 6) is -2.61. The highest BCUT2D eigenvalue weighted by molar-refractivity contribution is 5.86. The Kier molecular flexibility index (Phi) is 1.67. The predicted molar refractivity (Wildman–Crippen MR) is 35.5 cm³/mol. The summed E-state index contributed by atoms with van der Waals surface area (Å²) in [6, 6.07) is 0. The summed E-state index contributed by atoms with van der Waals surface area (Å²) in [5.41, 5.74) is -2.52. The predicted octanol–water partition coefficient (Wildman–Crippen LogP) is -1.71. The highest BCUT2D eigenvalue weighted by Gasteiger charge is 2.54. The molecule has 0 N–H and O–H groups in total. The fourth-order valence-corrected chi connectivity index (χ4v) is 1.53. The largest absolute Gasteiger partial charge is 0.550 e. The first kappa shape index (κ1) is 9.03. The van der Waals surface area contributed by atoms with E-state index in [2.05, 4.69) is 0 Å². The van der Waals surface area contributed by atoms with Crippen LogP contribution in [0.1, 0.15) is 26.7 Å². The van der Waals surface area contributed by atoms with Crippen molar-refractivity contribution in [2.75, 3.05) is 0 Å². The first-order chi connectivity index (χ1) is 5.34. The lowest BCUT2D eigenvalue weighted by atomic mass is 9.51. The van der Waals surface area contributed by atoms with E-state index in [1.165, 1.54) is 13.8 Å². The van der Waals surface area contributed by atoms with Gasteiger partial charge < -0.3 is 19.8 Å². The van der Waals surface area contributed by atoms with Gasteiger partial charge in [0.05, 0.1) is 0 Å². The molecule has 0 aromatic carbocycles. The molecule has 1 saturated carbocycles. The summed E-state index contributed by atoms with van der Waals surface area (Å²) in [7, 11) is 0. The Labute approximate surface area is 70.2 Å². The second-order valence-electron chi connectivity index (χ2n) is 3.74. The number of hydrogen-bond acceptors (Lipinski definition) is 4. The van der Waals surface area contributed by atoms with Gasteiger partial charge in [-0.05, 0) is 12.8 Å². The fourth-order valence-electron chi connectivity index (χ4n) is 1.53. The molecule has 68 valence electrons. The lowest BCUT2D eigenvalue weighted by Crippen LogP contribution is -2.64. The van der Waals surface area contributed by atoms with Crippen LogP contribution in [0.5, 0.6) is 0 Å². The van der Waals surface area contributed by atoms with Crippen LogP contribution in [0, 0.1) is 10.8 Å². The quantitative estimate of drug-likeness (QED) is 0.494. The molecule has 0 saturated heterocycles. The van der Waals surface area contributed by atoms with Crippen molar-refractivity contribution in [3.05, 3.63) is 0 Å². The van der Waals surface area contributed by atoms with Crippen molar-refractivity contribution in [2.24, 2.45) is 10.8 Å². The van der Waals surface area contributed by atoms with E-state index in [4.69, 9.17) is 0 Å². The summed E-state index contributed by atoms with van der Waals surface area (Å²) in [6.45, 7) is 2.78. The van der Waals surface area contributed by atoms with Gasteiger partial charge in [-0.25, -0.2) is 0 Å². The molecule has 0 spiro atoms. The third-order valence-corrected chi connectivity index (χ3v) is 3.24. The van der Waals surface area contributed by atoms with Gasteiger partial charge in [0, 0.05) is 22.8 Å². The number of hydrogen-bond donors (Lipinski definition) is 0. The average Bonchev–Trinajstić information content (AvgIpc) is 1.98. The van der Waals surface area contributed by atoms with Gasteiger partial charge in [0.25, 0.3) is 0 Å². The number of carboxylic acids is 2. The van der Waals surface area contributed by atoms with Crippen LogP contribution in [-0.2, 0) is 9.59 Å². The topological polar surface area (TPSA) is 80.3 Å². The van der Waals surface area contributed by atoms with Crippen LogP contribution in [0.3, 0.4) is 0 Å². The Bertz CT molecular complexity index is 221. The molecule has 4 nitrogen and oxygen atoms in total. The SMILES string of the molecule is C[C@@]1(C(=O)[O-])CC[C@@]1(C)C(=O)[O-]. The minimum absolute atomic E-state index is 0.347. The molecule has 2 atom stereocenters. The summed E-state index contributed by atoms with van der Waals surface area (Å²) in [4.78, 5) is 21.2. The van der Waals surface area contributed by atoms with Gasteiger partial charge in [-0.2, -0.15) is 0 Å². The Morgan fingerprint density at radius 1 is 1.00 bits per heavy atom. The minimum atomic E-state index is -1.31. The van der Waals surface area contributed by atoms with Crippen LogP contribution < -0.4 is 10.2 Å². The molecule has 1 aliphatic carbocycles. The van der Waals surface area contributed by atoms with Crippen molar-refractivity contribution in [1.82, 2.24) is 0 Å². The lowest BCUT2D eigenvalue weighted by Gasteiger charge is -2.57. The smallest absolute Gasteiger partial charge is 0.0482 e. The molecule has 1 fully saturated rings. The monoisotopic (exact) mass is 170 g/mol. The zero-order valence-corrected chi connectivity index (χ0v) is 7.05. The highest BCUT2D eigenvalue weighted by Crippen LogP contribution is 2.55. The molecule has 4 heteroatoms. The van der Waals surface area contributed by atoms with E-state index in [9.17, 15) is 19.8 Å². The van der Waals surface area contributed by atoms with E-state index in [-0.39, 0.29) is 0 Å². The Morgan fingerprint density at radius 3 is 1.33 bits per heavy atom. The molecule has 0 radical (unpaired) electrons. The molecule has 0 heterocycles. The minimum Gasteiger partial charge on any atom is -0.550 e. The van der Waals surface area contributed by atoms with Crippen molar-refractivity contribution in [3.63, 3.8) is 0 Å². The van der Waals surface area contributed by atoms with Crippen molar-refractivity contribution >= 4 is 11.9 Å². The molecule has 0 aromatic rings. The van der Waals surface area contributed by atoms with Crippen molar-refractivity contribution in [3.8, 4) is 0 Å². The number of rotatable bonds is 2. The van der Waals surface area contributed by atoms with Crippen LogP contribution in [0.4, 0.5) is 0 Å². The summed E-state index contributed by atoms with van der Waals surface area (Å²) in [5, 5.41) is 21.2. The van der Waals surface area contributed by atoms with E-state index in [0.29, 0.717) is 12.8 Å². The van der Waals surface area contributed by atoms with E-state index in [1.54, 1.807) is 0 Å². The lowest BCUT2D eigenvalue weighted by molar-refractivity contribution is -0.353. The zero-order valence-electron chi connectivity index (χ0n) is 7.05. The number of carbonyl (C=O) groups is 2. The maximum Gasteiger partial charge on any atom is 0.0482 e. The molecular formula is C8H10O4-2. The Balaban J connectivity index is 2.97. The highest BCUT2D eigenvalue weighted by atomic mass is 16.4. The first-order valence-electron chi connectivity index (χ1n) is 3.77. The summed E-state index contributed by atoms with van der Waals surface area (Å²) < 4.78 is 0. The third kappa shape index (κ3) is 0.777. The van der Waals surface area contributed by atoms with E-state index in [1.807, 2.05) is 0 Å². The van der Waals surface area contributed by atoms with Crippen molar-refractivity contribution in [1.29, 1.82) is 0 Å². The van der Waals surface area contributed by atoms with Gasteiger partial charge in [-0.3, -0.25) is 0 Å². The fraction of sp³-hybridized carbons (Fsp3) is 0.750. The maximum atomic E-state index is 10.6. The van der Waals surface area contributed by atoms with Crippen LogP contribution in [0.25, 0.3) is 0 Å². The standard InChI is InChI=1S/C8H12O4/c1-7(5(9)10)3-4-8(7,2)6(11)12/h3-4H2,1-2H3,(H,9,10)(H,11,12)/p-2/t7-,8-/m0/s1. The van der Waals surface area contributed by atoms with E-state index < -0.39 is 22.8 Å². The molecule has 0 bridgehead atoms. The van der Waals surface area contributed by atoms with Gasteiger partial charge in [0.2, 0.25) is 0 Å². The number of carboxylic acid groups (broad SMARTS) is 2. The van der Waals surface area contributed by atoms with Gasteiger partial charge in [-0.15, -0.1) is 0 Å². The molecule has 12 heavy (non-hydrogen) atoms. The Morgan fingerprint density at radius 2 is 1.25 bits per heavy atom. The normalized spacial score (nSPS) is 40.2. The Hall–Kier alpha value is -1.06. The molecule has 0 aliphatic heterocycles. The second-order valence-corrected chi connectivity index (χ2v) is 3.74. The van der Waals surface area contributed by atoms with Crippen LogP contribution in [-0.4, -0.2) is 11.9 Å². The third-order valence-electron chi connectivity index (χ3n) is 3.24. The van der Waals surface area contributed by atoms with Gasteiger partial charge >= 0.3 is 0 Å². The van der Waals surface area contributed by atoms with E-state index >= 15 is 0 Å². The van der Waals surface area contributed by atoms with Gasteiger partial charge in [-0.1, -0.05) is 13.8 Å². The number of carbonyl (C=O) groups excluding carboxylic acids is 2. The van der Waals surface area contributed by atoms with Crippen LogP contribution in [0.15, 0.2) is 0 Å². The van der Waals surface area contributed by atoms with Crippen LogP contribution in [0.2, 0.25) is 0 Å². The van der Waals surface area contributed by atoms with Gasteiger partial charge in [0.1, 0.15) is 0 Å². The van der Waals surface area contributed by atoms with Gasteiger partial charge in [0.15, 0.2) is 0 Å². The molecule has 1 rings (SSSR count). The summed E-state index contributed by atoms with van der Waals surface area (Å²) >= 11 is 0. The molecule has 0 aromatic heterocycles. The number of aliphatic carboxylic acids is 2. The molecule has 0 unspecified atom stereocenters. The van der Waals surface area contributed by atoms with Crippen LogP contribution >= 0.6 is 0 Å². The average molecular weight is 170 g/mol. The molecule has 0 amide bonds. The van der Waals surface area contributed by atoms with Crippen molar-refractivity contribution < 1.29 is 19.8 Å².